The Morgan fingerprint density at radius 2 is 1.78 bits per heavy atom. The molecule has 1 aliphatic heterocycles. The van der Waals surface area contributed by atoms with Gasteiger partial charge in [-0.15, -0.1) is 0 Å². The summed E-state index contributed by atoms with van der Waals surface area (Å²) < 4.78 is 8.43. The van der Waals surface area contributed by atoms with Crippen LogP contribution in [0, 0.1) is 0 Å². The number of piperazine rings is 1. The zero-order chi connectivity index (χ0) is 19.2. The molecule has 1 atom stereocenters. The molecule has 1 saturated heterocycles. The number of hydrogen-bond donors (Lipinski definition) is 2. The van der Waals surface area contributed by atoms with Crippen LogP contribution in [0.5, 0.6) is 0 Å². The van der Waals surface area contributed by atoms with E-state index in [1.165, 1.54) is 0 Å². The van der Waals surface area contributed by atoms with Crippen molar-refractivity contribution < 1.29 is 9.59 Å². The molecule has 0 saturated carbocycles. The first-order valence-corrected chi connectivity index (χ1v) is 10.0. The van der Waals surface area contributed by atoms with Crippen molar-refractivity contribution in [3.63, 3.8) is 0 Å². The Hall–Kier alpha value is -2.10. The van der Waals surface area contributed by atoms with E-state index in [-0.39, 0.29) is 17.9 Å². The summed E-state index contributed by atoms with van der Waals surface area (Å²) in [6, 6.07) is 5.79. The number of benzene rings is 1. The number of carbonyl (C=O) groups is 2. The molecular weight excluding hydrogens is 364 g/mol. The number of nitrogens with one attached hydrogen (secondary N) is 2. The lowest BCUT2D eigenvalue weighted by atomic mass is 10.2. The van der Waals surface area contributed by atoms with E-state index in [4.69, 9.17) is 0 Å². The summed E-state index contributed by atoms with van der Waals surface area (Å²) in [6.07, 6.45) is 0.930. The van der Waals surface area contributed by atoms with Crippen LogP contribution in [0.4, 0.5) is 5.69 Å². The summed E-state index contributed by atoms with van der Waals surface area (Å²) in [7, 11) is 0. The summed E-state index contributed by atoms with van der Waals surface area (Å²) in [6.45, 7) is 7.93. The van der Waals surface area contributed by atoms with Gasteiger partial charge < -0.3 is 10.6 Å². The van der Waals surface area contributed by atoms with Crippen molar-refractivity contribution in [2.75, 3.05) is 44.6 Å². The van der Waals surface area contributed by atoms with Gasteiger partial charge in [-0.25, -0.2) is 0 Å². The number of fused-ring (bicyclic) bond motifs is 1. The maximum Gasteiger partial charge on any atom is 0.238 e. The SMILES string of the molecule is CC[C@@H](C)NC(=O)CN1CCN(CC(=O)Nc2cccc3nsnc23)CC1. The van der Waals surface area contributed by atoms with Crippen LogP contribution in [0.2, 0.25) is 0 Å². The molecule has 1 fully saturated rings. The van der Waals surface area contributed by atoms with Crippen molar-refractivity contribution in [2.45, 2.75) is 26.3 Å². The maximum atomic E-state index is 12.4. The standard InChI is InChI=1S/C18H26N6O2S/c1-3-13(2)19-16(25)11-23-7-9-24(10-8-23)12-17(26)20-14-5-4-6-15-18(14)22-27-21-15/h4-6,13H,3,7-12H2,1-2H3,(H,19,25)(H,20,26)/t13-/m1/s1. The van der Waals surface area contributed by atoms with E-state index in [1.54, 1.807) is 0 Å². The Morgan fingerprint density at radius 1 is 1.11 bits per heavy atom. The monoisotopic (exact) mass is 390 g/mol. The number of hydrogen-bond acceptors (Lipinski definition) is 7. The average Bonchev–Trinajstić information content (AvgIpc) is 3.13. The molecule has 2 heterocycles. The highest BCUT2D eigenvalue weighted by Gasteiger charge is 2.21. The molecule has 0 spiro atoms. The van der Waals surface area contributed by atoms with Crippen molar-refractivity contribution in [1.82, 2.24) is 23.9 Å². The third-order valence-corrected chi connectivity index (χ3v) is 5.32. The Bertz CT molecular complexity index is 787. The fourth-order valence-electron chi connectivity index (χ4n) is 3.03. The molecule has 1 aliphatic rings. The minimum Gasteiger partial charge on any atom is -0.353 e. The lowest BCUT2D eigenvalue weighted by molar-refractivity contribution is -0.124. The van der Waals surface area contributed by atoms with Gasteiger partial charge in [0.1, 0.15) is 11.0 Å². The van der Waals surface area contributed by atoms with Crippen molar-refractivity contribution in [3.8, 4) is 0 Å². The zero-order valence-electron chi connectivity index (χ0n) is 15.8. The van der Waals surface area contributed by atoms with Crippen LogP contribution >= 0.6 is 11.7 Å². The van der Waals surface area contributed by atoms with Crippen molar-refractivity contribution in [3.05, 3.63) is 18.2 Å². The van der Waals surface area contributed by atoms with Gasteiger partial charge in [0.15, 0.2) is 0 Å². The van der Waals surface area contributed by atoms with E-state index in [0.29, 0.717) is 18.8 Å². The molecule has 1 aromatic heterocycles. The molecular formula is C18H26N6O2S. The van der Waals surface area contributed by atoms with Gasteiger partial charge in [0.25, 0.3) is 0 Å². The molecule has 0 aliphatic carbocycles. The van der Waals surface area contributed by atoms with Gasteiger partial charge in [0, 0.05) is 32.2 Å². The van der Waals surface area contributed by atoms with E-state index in [0.717, 1.165) is 55.4 Å². The third kappa shape index (κ3) is 5.44. The van der Waals surface area contributed by atoms with Gasteiger partial charge in [-0.2, -0.15) is 8.75 Å². The summed E-state index contributed by atoms with van der Waals surface area (Å²) in [5.74, 6) is 0.0129. The van der Waals surface area contributed by atoms with E-state index in [1.807, 2.05) is 25.1 Å². The van der Waals surface area contributed by atoms with Gasteiger partial charge in [0.05, 0.1) is 30.5 Å². The first-order valence-electron chi connectivity index (χ1n) is 9.30. The lowest BCUT2D eigenvalue weighted by Crippen LogP contribution is -2.51. The zero-order valence-corrected chi connectivity index (χ0v) is 16.6. The Balaban J connectivity index is 1.43. The smallest absolute Gasteiger partial charge is 0.238 e. The minimum atomic E-state index is -0.0570. The molecule has 2 N–H and O–H groups in total. The van der Waals surface area contributed by atoms with Crippen LogP contribution in [-0.2, 0) is 9.59 Å². The van der Waals surface area contributed by atoms with E-state index >= 15 is 0 Å². The number of aromatic nitrogens is 2. The maximum absolute atomic E-state index is 12.4. The number of amides is 2. The van der Waals surface area contributed by atoms with Gasteiger partial charge in [0.2, 0.25) is 11.8 Å². The third-order valence-electron chi connectivity index (χ3n) is 4.78. The highest BCUT2D eigenvalue weighted by molar-refractivity contribution is 7.00. The molecule has 9 heteroatoms. The molecule has 0 radical (unpaired) electrons. The molecule has 2 amide bonds. The number of anilines is 1. The Kier molecular flexibility index (Phi) is 6.70. The van der Waals surface area contributed by atoms with Crippen LogP contribution in [0.3, 0.4) is 0 Å². The van der Waals surface area contributed by atoms with Crippen LogP contribution < -0.4 is 10.6 Å². The summed E-state index contributed by atoms with van der Waals surface area (Å²) in [5.41, 5.74) is 2.22. The molecule has 0 unspecified atom stereocenters. The molecule has 27 heavy (non-hydrogen) atoms. The second-order valence-electron chi connectivity index (χ2n) is 6.91. The predicted molar refractivity (Wildman–Crippen MR) is 107 cm³/mol. The van der Waals surface area contributed by atoms with E-state index < -0.39 is 0 Å². The van der Waals surface area contributed by atoms with Crippen LogP contribution in [-0.4, -0.2) is 75.7 Å². The molecule has 0 bridgehead atoms. The predicted octanol–water partition coefficient (Wildman–Crippen LogP) is 1.16. The molecule has 8 nitrogen and oxygen atoms in total. The fourth-order valence-corrected chi connectivity index (χ4v) is 3.58. The fraction of sp³-hybridized carbons (Fsp3) is 0.556. The van der Waals surface area contributed by atoms with E-state index in [2.05, 4.69) is 36.1 Å². The minimum absolute atomic E-state index is 0.0570. The normalized spacial score (nSPS) is 17.0. The van der Waals surface area contributed by atoms with Crippen molar-refractivity contribution in [2.24, 2.45) is 0 Å². The molecule has 3 rings (SSSR count). The Morgan fingerprint density at radius 3 is 2.44 bits per heavy atom. The van der Waals surface area contributed by atoms with E-state index in [9.17, 15) is 9.59 Å². The first-order chi connectivity index (χ1) is 13.0. The number of rotatable bonds is 7. The largest absolute Gasteiger partial charge is 0.353 e. The average molecular weight is 391 g/mol. The second-order valence-corrected chi connectivity index (χ2v) is 7.44. The molecule has 2 aromatic rings. The molecule has 146 valence electrons. The van der Waals surface area contributed by atoms with Gasteiger partial charge >= 0.3 is 0 Å². The lowest BCUT2D eigenvalue weighted by Gasteiger charge is -2.34. The summed E-state index contributed by atoms with van der Waals surface area (Å²) in [4.78, 5) is 28.6. The number of carbonyl (C=O) groups excluding carboxylic acids is 2. The quantitative estimate of drug-likeness (QED) is 0.737. The number of nitrogens with zero attached hydrogens (tertiary/aromatic N) is 4. The second kappa shape index (κ2) is 9.20. The highest BCUT2D eigenvalue weighted by Crippen LogP contribution is 2.21. The Labute approximate surface area is 163 Å². The van der Waals surface area contributed by atoms with Crippen LogP contribution in [0.15, 0.2) is 18.2 Å². The highest BCUT2D eigenvalue weighted by atomic mass is 32.1. The molecule has 1 aromatic carbocycles. The van der Waals surface area contributed by atoms with Crippen LogP contribution in [0.25, 0.3) is 11.0 Å². The summed E-state index contributed by atoms with van der Waals surface area (Å²) in [5, 5.41) is 5.93. The van der Waals surface area contributed by atoms with Gasteiger partial charge in [-0.3, -0.25) is 19.4 Å². The summed E-state index contributed by atoms with van der Waals surface area (Å²) >= 11 is 1.14. The van der Waals surface area contributed by atoms with Crippen LogP contribution in [0.1, 0.15) is 20.3 Å². The van der Waals surface area contributed by atoms with Crippen molar-refractivity contribution >= 4 is 40.3 Å². The topological polar surface area (TPSA) is 90.5 Å². The van der Waals surface area contributed by atoms with Gasteiger partial charge in [-0.1, -0.05) is 13.0 Å². The van der Waals surface area contributed by atoms with Gasteiger partial charge in [-0.05, 0) is 25.5 Å². The van der Waals surface area contributed by atoms with Crippen molar-refractivity contribution in [1.29, 1.82) is 0 Å². The first kappa shape index (κ1) is 19.7.